The SMILES string of the molecule is Cc1nn2c(=O)n(Cc3ccccc3)c(C)cc2c1Cl. The van der Waals surface area contributed by atoms with Gasteiger partial charge in [-0.15, -0.1) is 0 Å². The van der Waals surface area contributed by atoms with Crippen molar-refractivity contribution in [3.63, 3.8) is 0 Å². The van der Waals surface area contributed by atoms with Gasteiger partial charge in [-0.05, 0) is 25.5 Å². The minimum atomic E-state index is -0.168. The lowest BCUT2D eigenvalue weighted by Crippen LogP contribution is -2.29. The third kappa shape index (κ3) is 2.02. The predicted octanol–water partition coefficient (Wildman–Crippen LogP) is 2.81. The van der Waals surface area contributed by atoms with Crippen LogP contribution in [0, 0.1) is 13.8 Å². The number of halogens is 1. The fraction of sp³-hybridized carbons (Fsp3) is 0.200. The van der Waals surface area contributed by atoms with Crippen LogP contribution in [0.25, 0.3) is 5.52 Å². The molecule has 0 aliphatic rings. The van der Waals surface area contributed by atoms with E-state index in [9.17, 15) is 4.79 Å². The smallest absolute Gasteiger partial charge is 0.292 e. The maximum atomic E-state index is 12.5. The number of hydrogen-bond acceptors (Lipinski definition) is 2. The van der Waals surface area contributed by atoms with E-state index < -0.39 is 0 Å². The maximum Gasteiger partial charge on any atom is 0.349 e. The second kappa shape index (κ2) is 4.80. The molecule has 0 saturated heterocycles. The molecule has 0 amide bonds. The molecule has 5 heteroatoms. The minimum absolute atomic E-state index is 0.168. The molecule has 0 N–H and O–H groups in total. The van der Waals surface area contributed by atoms with Gasteiger partial charge in [0.15, 0.2) is 0 Å². The standard InChI is InChI=1S/C15H14ClN3O/c1-10-8-13-14(16)11(2)17-19(13)15(20)18(10)9-12-6-4-3-5-7-12/h3-8H,9H2,1-2H3. The molecule has 3 rings (SSSR count). The number of nitrogens with zero attached hydrogens (tertiary/aromatic N) is 3. The Hall–Kier alpha value is -2.07. The average molecular weight is 288 g/mol. The summed E-state index contributed by atoms with van der Waals surface area (Å²) >= 11 is 6.17. The largest absolute Gasteiger partial charge is 0.349 e. The molecule has 0 bridgehead atoms. The molecule has 20 heavy (non-hydrogen) atoms. The monoisotopic (exact) mass is 287 g/mol. The summed E-state index contributed by atoms with van der Waals surface area (Å²) in [6.45, 7) is 4.23. The minimum Gasteiger partial charge on any atom is -0.292 e. The Balaban J connectivity index is 2.19. The van der Waals surface area contributed by atoms with E-state index in [0.29, 0.717) is 22.8 Å². The number of aryl methyl sites for hydroxylation is 2. The van der Waals surface area contributed by atoms with Crippen molar-refractivity contribution in [2.75, 3.05) is 0 Å². The zero-order chi connectivity index (χ0) is 14.3. The van der Waals surface area contributed by atoms with E-state index in [-0.39, 0.29) is 5.69 Å². The highest BCUT2D eigenvalue weighted by molar-refractivity contribution is 6.34. The number of fused-ring (bicyclic) bond motifs is 1. The summed E-state index contributed by atoms with van der Waals surface area (Å²) in [6.07, 6.45) is 0. The van der Waals surface area contributed by atoms with Crippen molar-refractivity contribution in [1.29, 1.82) is 0 Å². The van der Waals surface area contributed by atoms with Crippen LogP contribution < -0.4 is 5.69 Å². The van der Waals surface area contributed by atoms with Gasteiger partial charge in [0.2, 0.25) is 0 Å². The molecule has 0 atom stereocenters. The molecule has 0 aliphatic carbocycles. The molecule has 0 unspecified atom stereocenters. The van der Waals surface area contributed by atoms with Crippen LogP contribution in [0.4, 0.5) is 0 Å². The highest BCUT2D eigenvalue weighted by atomic mass is 35.5. The van der Waals surface area contributed by atoms with Gasteiger partial charge < -0.3 is 0 Å². The van der Waals surface area contributed by atoms with Gasteiger partial charge in [0.1, 0.15) is 0 Å². The van der Waals surface area contributed by atoms with Crippen molar-refractivity contribution in [2.45, 2.75) is 20.4 Å². The summed E-state index contributed by atoms with van der Waals surface area (Å²) in [5, 5.41) is 4.75. The molecule has 0 saturated carbocycles. The fourth-order valence-electron chi connectivity index (χ4n) is 2.30. The van der Waals surface area contributed by atoms with Crippen LogP contribution in [0.2, 0.25) is 5.02 Å². The number of benzene rings is 1. The Kier molecular flexibility index (Phi) is 3.10. The van der Waals surface area contributed by atoms with Crippen LogP contribution in [0.1, 0.15) is 17.0 Å². The molecule has 102 valence electrons. The second-order valence-corrected chi connectivity index (χ2v) is 5.21. The van der Waals surface area contributed by atoms with Crippen LogP contribution in [-0.4, -0.2) is 14.2 Å². The van der Waals surface area contributed by atoms with E-state index in [1.807, 2.05) is 43.3 Å². The van der Waals surface area contributed by atoms with Gasteiger partial charge in [0.25, 0.3) is 0 Å². The Morgan fingerprint density at radius 1 is 1.20 bits per heavy atom. The Bertz CT molecular complexity index is 834. The molecule has 4 nitrogen and oxygen atoms in total. The third-order valence-electron chi connectivity index (χ3n) is 3.39. The van der Waals surface area contributed by atoms with Crippen LogP contribution in [0.15, 0.2) is 41.2 Å². The average Bonchev–Trinajstić information content (AvgIpc) is 2.73. The Morgan fingerprint density at radius 2 is 1.90 bits per heavy atom. The summed E-state index contributed by atoms with van der Waals surface area (Å²) < 4.78 is 3.07. The number of hydrogen-bond donors (Lipinski definition) is 0. The highest BCUT2D eigenvalue weighted by Crippen LogP contribution is 2.20. The first kappa shape index (κ1) is 12.9. The summed E-state index contributed by atoms with van der Waals surface area (Å²) in [7, 11) is 0. The molecule has 0 spiro atoms. The normalized spacial score (nSPS) is 11.2. The summed E-state index contributed by atoms with van der Waals surface area (Å²) in [5.41, 5.74) is 3.11. The van der Waals surface area contributed by atoms with Crippen LogP contribution in [-0.2, 0) is 6.54 Å². The first-order chi connectivity index (χ1) is 9.58. The highest BCUT2D eigenvalue weighted by Gasteiger charge is 2.13. The van der Waals surface area contributed by atoms with Crippen molar-refractivity contribution >= 4 is 17.1 Å². The first-order valence-corrected chi connectivity index (χ1v) is 6.75. The third-order valence-corrected chi connectivity index (χ3v) is 3.85. The van der Waals surface area contributed by atoms with Crippen LogP contribution in [0.5, 0.6) is 0 Å². The van der Waals surface area contributed by atoms with Crippen molar-refractivity contribution < 1.29 is 0 Å². The van der Waals surface area contributed by atoms with Crippen molar-refractivity contribution in [1.82, 2.24) is 14.2 Å². The molecule has 1 aromatic carbocycles. The van der Waals surface area contributed by atoms with Gasteiger partial charge in [0, 0.05) is 5.69 Å². The van der Waals surface area contributed by atoms with Crippen molar-refractivity contribution in [2.24, 2.45) is 0 Å². The van der Waals surface area contributed by atoms with Gasteiger partial charge in [-0.25, -0.2) is 4.79 Å². The topological polar surface area (TPSA) is 39.3 Å². The molecule has 0 fully saturated rings. The van der Waals surface area contributed by atoms with Gasteiger partial charge in [-0.3, -0.25) is 4.57 Å². The Morgan fingerprint density at radius 3 is 2.60 bits per heavy atom. The van der Waals surface area contributed by atoms with Gasteiger partial charge in [-0.1, -0.05) is 41.9 Å². The molecule has 3 aromatic rings. The van der Waals surface area contributed by atoms with E-state index in [0.717, 1.165) is 11.3 Å². The number of aromatic nitrogens is 3. The molecule has 2 aromatic heterocycles. The van der Waals surface area contributed by atoms with Gasteiger partial charge in [0.05, 0.1) is 22.8 Å². The van der Waals surface area contributed by atoms with E-state index in [1.165, 1.54) is 4.52 Å². The lowest BCUT2D eigenvalue weighted by molar-refractivity contribution is 0.664. The Labute approximate surface area is 121 Å². The quantitative estimate of drug-likeness (QED) is 0.727. The van der Waals surface area contributed by atoms with E-state index in [2.05, 4.69) is 5.10 Å². The van der Waals surface area contributed by atoms with Gasteiger partial charge >= 0.3 is 5.69 Å². The first-order valence-electron chi connectivity index (χ1n) is 6.37. The van der Waals surface area contributed by atoms with Gasteiger partial charge in [-0.2, -0.15) is 9.61 Å². The van der Waals surface area contributed by atoms with Crippen molar-refractivity contribution in [3.05, 3.63) is 68.9 Å². The molecule has 0 radical (unpaired) electrons. The number of rotatable bonds is 2. The van der Waals surface area contributed by atoms with E-state index in [4.69, 9.17) is 11.6 Å². The predicted molar refractivity (Wildman–Crippen MR) is 79.5 cm³/mol. The molecule has 2 heterocycles. The molecular weight excluding hydrogens is 274 g/mol. The fourth-order valence-corrected chi connectivity index (χ4v) is 2.47. The van der Waals surface area contributed by atoms with Crippen molar-refractivity contribution in [3.8, 4) is 0 Å². The maximum absolute atomic E-state index is 12.5. The summed E-state index contributed by atoms with van der Waals surface area (Å²) in [5.74, 6) is 0. The zero-order valence-electron chi connectivity index (χ0n) is 11.3. The lowest BCUT2D eigenvalue weighted by Gasteiger charge is -2.10. The molecular formula is C15H14ClN3O. The van der Waals surface area contributed by atoms with E-state index >= 15 is 0 Å². The summed E-state index contributed by atoms with van der Waals surface area (Å²) in [6, 6.07) is 11.8. The van der Waals surface area contributed by atoms with E-state index in [1.54, 1.807) is 11.5 Å². The van der Waals surface area contributed by atoms with Crippen LogP contribution in [0.3, 0.4) is 0 Å². The summed E-state index contributed by atoms with van der Waals surface area (Å²) in [4.78, 5) is 12.5. The lowest BCUT2D eigenvalue weighted by atomic mass is 10.2. The zero-order valence-corrected chi connectivity index (χ0v) is 12.1. The van der Waals surface area contributed by atoms with Crippen LogP contribution >= 0.6 is 11.6 Å². The second-order valence-electron chi connectivity index (χ2n) is 4.84. The molecule has 0 aliphatic heterocycles.